The molecule has 0 fully saturated rings. The van der Waals surface area contributed by atoms with Gasteiger partial charge in [-0.2, -0.15) is 0 Å². The molecule has 0 radical (unpaired) electrons. The number of hydrogen-bond acceptors (Lipinski definition) is 2. The second-order valence-corrected chi connectivity index (χ2v) is 6.15. The smallest absolute Gasteiger partial charge is 0.134 e. The van der Waals surface area contributed by atoms with Gasteiger partial charge in [-0.05, 0) is 43.2 Å². The molecule has 0 saturated carbocycles. The van der Waals surface area contributed by atoms with Crippen molar-refractivity contribution in [1.29, 1.82) is 0 Å². The Morgan fingerprint density at radius 1 is 1.04 bits per heavy atom. The minimum Gasteiger partial charge on any atom is -0.460 e. The topological polar surface area (TPSA) is 25.2 Å². The second-order valence-electron chi connectivity index (χ2n) is 5.74. The van der Waals surface area contributed by atoms with Gasteiger partial charge in [-0.3, -0.25) is 0 Å². The fourth-order valence-electron chi connectivity index (χ4n) is 2.49. The van der Waals surface area contributed by atoms with E-state index < -0.39 is 0 Å². The Morgan fingerprint density at radius 3 is 2.57 bits per heavy atom. The van der Waals surface area contributed by atoms with Crippen molar-refractivity contribution < 1.29 is 4.42 Å². The number of rotatable bonds is 5. The maximum atomic E-state index is 6.19. The molecule has 2 aromatic carbocycles. The van der Waals surface area contributed by atoms with Crippen molar-refractivity contribution in [3.05, 3.63) is 82.6 Å². The molecule has 0 aliphatic rings. The van der Waals surface area contributed by atoms with Crippen molar-refractivity contribution in [3.8, 4) is 11.3 Å². The van der Waals surface area contributed by atoms with Crippen LogP contribution in [0.25, 0.3) is 11.3 Å². The summed E-state index contributed by atoms with van der Waals surface area (Å²) >= 11 is 6.19. The molecule has 0 spiro atoms. The maximum Gasteiger partial charge on any atom is 0.134 e. The highest BCUT2D eigenvalue weighted by Gasteiger charge is 2.08. The van der Waals surface area contributed by atoms with Crippen molar-refractivity contribution in [1.82, 2.24) is 5.32 Å². The summed E-state index contributed by atoms with van der Waals surface area (Å²) < 4.78 is 5.93. The zero-order chi connectivity index (χ0) is 16.2. The van der Waals surface area contributed by atoms with Crippen LogP contribution >= 0.6 is 11.6 Å². The van der Waals surface area contributed by atoms with E-state index in [-0.39, 0.29) is 6.04 Å². The lowest BCUT2D eigenvalue weighted by Crippen LogP contribution is -2.17. The Morgan fingerprint density at radius 2 is 1.83 bits per heavy atom. The largest absolute Gasteiger partial charge is 0.460 e. The van der Waals surface area contributed by atoms with Crippen LogP contribution in [0.3, 0.4) is 0 Å². The predicted octanol–water partition coefficient (Wildman–Crippen LogP) is 5.76. The summed E-state index contributed by atoms with van der Waals surface area (Å²) in [6, 6.07) is 20.6. The first-order valence-corrected chi connectivity index (χ1v) is 8.15. The predicted molar refractivity (Wildman–Crippen MR) is 95.6 cm³/mol. The first kappa shape index (κ1) is 15.9. The van der Waals surface area contributed by atoms with Gasteiger partial charge in [0.2, 0.25) is 0 Å². The lowest BCUT2D eigenvalue weighted by Gasteiger charge is -2.12. The molecule has 118 valence electrons. The van der Waals surface area contributed by atoms with Crippen LogP contribution in [0.4, 0.5) is 0 Å². The van der Waals surface area contributed by atoms with Crippen molar-refractivity contribution in [3.63, 3.8) is 0 Å². The highest BCUT2D eigenvalue weighted by atomic mass is 35.5. The van der Waals surface area contributed by atoms with Crippen LogP contribution in [0.1, 0.15) is 29.9 Å². The summed E-state index contributed by atoms with van der Waals surface area (Å²) in [4.78, 5) is 0. The third-order valence-electron chi connectivity index (χ3n) is 4.00. The van der Waals surface area contributed by atoms with Crippen molar-refractivity contribution >= 4 is 11.6 Å². The molecule has 1 aromatic heterocycles. The van der Waals surface area contributed by atoms with Gasteiger partial charge in [0.1, 0.15) is 11.5 Å². The Labute approximate surface area is 142 Å². The summed E-state index contributed by atoms with van der Waals surface area (Å²) in [5, 5.41) is 4.24. The third-order valence-corrected chi connectivity index (χ3v) is 4.41. The van der Waals surface area contributed by atoms with E-state index in [4.69, 9.17) is 16.0 Å². The molecule has 0 aliphatic carbocycles. The molecule has 1 N–H and O–H groups in total. The van der Waals surface area contributed by atoms with Gasteiger partial charge < -0.3 is 9.73 Å². The van der Waals surface area contributed by atoms with Gasteiger partial charge in [0.25, 0.3) is 0 Å². The fourth-order valence-corrected chi connectivity index (χ4v) is 2.67. The van der Waals surface area contributed by atoms with Crippen LogP contribution in [-0.2, 0) is 6.54 Å². The van der Waals surface area contributed by atoms with E-state index in [9.17, 15) is 0 Å². The monoisotopic (exact) mass is 325 g/mol. The SMILES string of the molecule is Cc1ccc(-c2ccc(CN[C@H](C)c3ccccc3)o2)cc1Cl. The molecule has 0 saturated heterocycles. The number of hydrogen-bond donors (Lipinski definition) is 1. The molecule has 0 unspecified atom stereocenters. The van der Waals surface area contributed by atoms with Gasteiger partial charge in [-0.15, -0.1) is 0 Å². The summed E-state index contributed by atoms with van der Waals surface area (Å²) in [5.74, 6) is 1.76. The lowest BCUT2D eigenvalue weighted by atomic mass is 10.1. The maximum absolute atomic E-state index is 6.19. The van der Waals surface area contributed by atoms with E-state index in [0.717, 1.165) is 27.7 Å². The van der Waals surface area contributed by atoms with Gasteiger partial charge in [0, 0.05) is 16.6 Å². The summed E-state index contributed by atoms with van der Waals surface area (Å²) in [5.41, 5.74) is 3.34. The molecular formula is C20H20ClNO. The minimum atomic E-state index is 0.276. The molecule has 0 amide bonds. The standard InChI is InChI=1S/C20H20ClNO/c1-14-8-9-17(12-19(14)21)20-11-10-18(23-20)13-22-15(2)16-6-4-3-5-7-16/h3-12,15,22H,13H2,1-2H3/t15-/m1/s1. The second kappa shape index (κ2) is 7.03. The summed E-state index contributed by atoms with van der Waals surface area (Å²) in [6.45, 7) is 4.84. The number of halogens is 1. The molecule has 3 aromatic rings. The average Bonchev–Trinajstić information content (AvgIpc) is 3.05. The van der Waals surface area contributed by atoms with Gasteiger partial charge in [-0.25, -0.2) is 0 Å². The highest BCUT2D eigenvalue weighted by molar-refractivity contribution is 6.31. The molecule has 23 heavy (non-hydrogen) atoms. The number of aryl methyl sites for hydroxylation is 1. The van der Waals surface area contributed by atoms with E-state index in [0.29, 0.717) is 6.54 Å². The molecule has 3 heteroatoms. The van der Waals surface area contributed by atoms with E-state index in [2.05, 4.69) is 36.5 Å². The van der Waals surface area contributed by atoms with Crippen molar-refractivity contribution in [2.45, 2.75) is 26.4 Å². The van der Waals surface area contributed by atoms with Crippen LogP contribution < -0.4 is 5.32 Å². The Balaban J connectivity index is 1.66. The van der Waals surface area contributed by atoms with Crippen LogP contribution in [0.5, 0.6) is 0 Å². The first-order valence-electron chi connectivity index (χ1n) is 7.77. The zero-order valence-electron chi connectivity index (χ0n) is 13.3. The van der Waals surface area contributed by atoms with Gasteiger partial charge in [0.05, 0.1) is 6.54 Å². The highest BCUT2D eigenvalue weighted by Crippen LogP contribution is 2.27. The molecule has 0 aliphatic heterocycles. The van der Waals surface area contributed by atoms with Crippen LogP contribution in [0, 0.1) is 6.92 Å². The quantitative estimate of drug-likeness (QED) is 0.645. The Bertz CT molecular complexity index is 779. The van der Waals surface area contributed by atoms with Crippen LogP contribution in [0.2, 0.25) is 5.02 Å². The third kappa shape index (κ3) is 3.84. The molecular weight excluding hydrogens is 306 g/mol. The van der Waals surface area contributed by atoms with Crippen LogP contribution in [-0.4, -0.2) is 0 Å². The van der Waals surface area contributed by atoms with Gasteiger partial charge in [-0.1, -0.05) is 54.1 Å². The summed E-state index contributed by atoms with van der Waals surface area (Å²) in [6.07, 6.45) is 0. The zero-order valence-corrected chi connectivity index (χ0v) is 14.1. The molecule has 0 bridgehead atoms. The summed E-state index contributed by atoms with van der Waals surface area (Å²) in [7, 11) is 0. The van der Waals surface area contributed by atoms with E-state index in [1.54, 1.807) is 0 Å². The number of nitrogens with one attached hydrogen (secondary N) is 1. The van der Waals surface area contributed by atoms with Crippen LogP contribution in [0.15, 0.2) is 65.1 Å². The minimum absolute atomic E-state index is 0.276. The van der Waals surface area contributed by atoms with Crippen molar-refractivity contribution in [2.24, 2.45) is 0 Å². The molecule has 2 nitrogen and oxygen atoms in total. The van der Waals surface area contributed by atoms with Gasteiger partial charge in [0.15, 0.2) is 0 Å². The molecule has 1 atom stereocenters. The van der Waals surface area contributed by atoms with E-state index in [1.807, 2.05) is 43.3 Å². The Hall–Kier alpha value is -2.03. The van der Waals surface area contributed by atoms with Gasteiger partial charge >= 0.3 is 0 Å². The average molecular weight is 326 g/mol. The molecule has 3 rings (SSSR count). The number of benzene rings is 2. The normalized spacial score (nSPS) is 12.3. The Kier molecular flexibility index (Phi) is 4.85. The van der Waals surface area contributed by atoms with E-state index in [1.165, 1.54) is 5.56 Å². The van der Waals surface area contributed by atoms with E-state index >= 15 is 0 Å². The molecule has 1 heterocycles. The number of furan rings is 1. The van der Waals surface area contributed by atoms with Crippen molar-refractivity contribution in [2.75, 3.05) is 0 Å². The first-order chi connectivity index (χ1) is 11.1. The lowest BCUT2D eigenvalue weighted by molar-refractivity contribution is 0.468. The fraction of sp³-hybridized carbons (Fsp3) is 0.200.